The van der Waals surface area contributed by atoms with Crippen LogP contribution in [0.15, 0.2) is 140 Å². The van der Waals surface area contributed by atoms with Crippen LogP contribution in [0.3, 0.4) is 0 Å². The Labute approximate surface area is 245 Å². The zero-order chi connectivity index (χ0) is 28.2. The third-order valence-corrected chi connectivity index (χ3v) is 13.2. The van der Waals surface area contributed by atoms with Gasteiger partial charge in [-0.25, -0.2) is 4.98 Å². The van der Waals surface area contributed by atoms with Crippen molar-refractivity contribution in [2.24, 2.45) is 0 Å². The van der Waals surface area contributed by atoms with E-state index in [2.05, 4.69) is 109 Å². The molecule has 0 atom stereocenters. The standard InChI is InChI=1S/C36H29N2OPS/c1-26-18-22-28(23-19-26)35-38-33(34(39)37-29-24-20-27(2)21-25-29)36(41-35)40(30-12-6-3-7-13-30,31-14-8-4-9-15-31)32-16-10-5-11-17-32/h3-25H,1-2H3/p+1. The molecule has 0 radical (unpaired) electrons. The Morgan fingerprint density at radius 3 is 1.51 bits per heavy atom. The number of anilines is 1. The number of hydrogen-bond acceptors (Lipinski definition) is 3. The van der Waals surface area contributed by atoms with Gasteiger partial charge in [-0.05, 0) is 62.4 Å². The van der Waals surface area contributed by atoms with Crippen molar-refractivity contribution in [1.82, 2.24) is 4.98 Å². The zero-order valence-corrected chi connectivity index (χ0v) is 24.7. The number of nitrogens with one attached hydrogen (secondary N) is 1. The monoisotopic (exact) mass is 569 g/mol. The molecule has 6 rings (SSSR count). The summed E-state index contributed by atoms with van der Waals surface area (Å²) in [6.45, 7) is 4.12. The minimum absolute atomic E-state index is 0.203. The smallest absolute Gasteiger partial charge is 0.279 e. The molecule has 5 aromatic carbocycles. The Bertz CT molecular complexity index is 1670. The fraction of sp³-hybridized carbons (Fsp3) is 0.0556. The van der Waals surface area contributed by atoms with E-state index in [1.165, 1.54) is 21.5 Å². The third-order valence-electron chi connectivity index (χ3n) is 7.17. The molecule has 0 fully saturated rings. The molecule has 1 amide bonds. The molecule has 0 bridgehead atoms. The van der Waals surface area contributed by atoms with E-state index in [0.29, 0.717) is 5.69 Å². The molecule has 0 saturated carbocycles. The van der Waals surface area contributed by atoms with Crippen LogP contribution in [0.4, 0.5) is 5.69 Å². The van der Waals surface area contributed by atoms with Gasteiger partial charge in [-0.2, -0.15) is 0 Å². The van der Waals surface area contributed by atoms with E-state index in [1.54, 1.807) is 11.3 Å². The average Bonchev–Trinajstić information content (AvgIpc) is 3.47. The summed E-state index contributed by atoms with van der Waals surface area (Å²) in [7, 11) is -2.52. The lowest BCUT2D eigenvalue weighted by molar-refractivity contribution is 0.102. The number of aromatic nitrogens is 1. The summed E-state index contributed by atoms with van der Waals surface area (Å²) in [4.78, 5) is 19.3. The Hall–Kier alpha value is -4.37. The molecule has 0 aliphatic carbocycles. The molecule has 200 valence electrons. The van der Waals surface area contributed by atoms with Crippen molar-refractivity contribution in [3.8, 4) is 10.6 Å². The first-order valence-corrected chi connectivity index (χ1v) is 16.2. The molecular formula is C36H30N2OPS+. The molecule has 1 N–H and O–H groups in total. The van der Waals surface area contributed by atoms with Gasteiger partial charge in [0.15, 0.2) is 17.6 Å². The summed E-state index contributed by atoms with van der Waals surface area (Å²) in [5, 5.41) is 7.53. The maximum atomic E-state index is 14.2. The predicted molar refractivity (Wildman–Crippen MR) is 176 cm³/mol. The highest BCUT2D eigenvalue weighted by Gasteiger charge is 2.52. The largest absolute Gasteiger partial charge is 0.320 e. The molecular weight excluding hydrogens is 539 g/mol. The highest BCUT2D eigenvalue weighted by Crippen LogP contribution is 2.56. The van der Waals surface area contributed by atoms with Gasteiger partial charge in [-0.1, -0.05) is 113 Å². The van der Waals surface area contributed by atoms with E-state index >= 15 is 0 Å². The first-order valence-electron chi connectivity index (χ1n) is 13.6. The van der Waals surface area contributed by atoms with Crippen LogP contribution in [0, 0.1) is 13.8 Å². The van der Waals surface area contributed by atoms with Gasteiger partial charge in [0.1, 0.15) is 20.9 Å². The zero-order valence-electron chi connectivity index (χ0n) is 23.0. The quantitative estimate of drug-likeness (QED) is 0.205. The lowest BCUT2D eigenvalue weighted by Crippen LogP contribution is -2.40. The number of amides is 1. The van der Waals surface area contributed by atoms with Crippen molar-refractivity contribution in [1.29, 1.82) is 0 Å². The first-order chi connectivity index (χ1) is 20.1. The summed E-state index contributed by atoms with van der Waals surface area (Å²) in [5.74, 6) is -0.203. The van der Waals surface area contributed by atoms with Gasteiger partial charge in [0.25, 0.3) is 5.91 Å². The second kappa shape index (κ2) is 11.6. The second-order valence-corrected chi connectivity index (χ2v) is 14.7. The Balaban J connectivity index is 1.66. The number of benzene rings is 5. The minimum atomic E-state index is -2.52. The summed E-state index contributed by atoms with van der Waals surface area (Å²) in [6, 6.07) is 48.1. The maximum Gasteiger partial charge on any atom is 0.279 e. The van der Waals surface area contributed by atoms with E-state index in [1.807, 2.05) is 49.4 Å². The van der Waals surface area contributed by atoms with Gasteiger partial charge in [0, 0.05) is 11.3 Å². The highest BCUT2D eigenvalue weighted by molar-refractivity contribution is 8.04. The van der Waals surface area contributed by atoms with Gasteiger partial charge in [0.2, 0.25) is 0 Å². The highest BCUT2D eigenvalue weighted by atomic mass is 32.1. The molecule has 0 aliphatic rings. The second-order valence-electron chi connectivity index (χ2n) is 10.0. The number of hydrogen-bond donors (Lipinski definition) is 1. The molecule has 1 aromatic heterocycles. The molecule has 3 nitrogen and oxygen atoms in total. The van der Waals surface area contributed by atoms with Gasteiger partial charge in [-0.3, -0.25) is 4.79 Å². The van der Waals surface area contributed by atoms with E-state index in [9.17, 15) is 4.79 Å². The van der Waals surface area contributed by atoms with Crippen LogP contribution in [0.2, 0.25) is 0 Å². The average molecular weight is 570 g/mol. The number of thiazole rings is 1. The van der Waals surface area contributed by atoms with Crippen LogP contribution >= 0.6 is 18.6 Å². The van der Waals surface area contributed by atoms with Crippen LogP contribution in [0.25, 0.3) is 10.6 Å². The van der Waals surface area contributed by atoms with Gasteiger partial charge in [0.05, 0.1) is 0 Å². The van der Waals surface area contributed by atoms with Crippen molar-refractivity contribution < 1.29 is 4.79 Å². The summed E-state index contributed by atoms with van der Waals surface area (Å²) < 4.78 is 0.987. The summed E-state index contributed by atoms with van der Waals surface area (Å²) >= 11 is 1.63. The Kier molecular flexibility index (Phi) is 7.61. The van der Waals surface area contributed by atoms with Crippen molar-refractivity contribution >= 4 is 50.7 Å². The van der Waals surface area contributed by atoms with Crippen molar-refractivity contribution in [2.75, 3.05) is 5.32 Å². The van der Waals surface area contributed by atoms with Crippen LogP contribution in [0.1, 0.15) is 21.6 Å². The van der Waals surface area contributed by atoms with Crippen LogP contribution in [-0.2, 0) is 0 Å². The predicted octanol–water partition coefficient (Wildman–Crippen LogP) is 7.30. The normalized spacial score (nSPS) is 11.3. The third kappa shape index (κ3) is 5.25. The Morgan fingerprint density at radius 1 is 0.610 bits per heavy atom. The topological polar surface area (TPSA) is 42.0 Å². The minimum Gasteiger partial charge on any atom is -0.320 e. The van der Waals surface area contributed by atoms with Crippen LogP contribution in [-0.4, -0.2) is 10.9 Å². The first kappa shape index (κ1) is 26.8. The number of aryl methyl sites for hydroxylation is 2. The molecule has 0 unspecified atom stereocenters. The van der Waals surface area contributed by atoms with Crippen LogP contribution in [0.5, 0.6) is 0 Å². The SMILES string of the molecule is Cc1ccc(NC(=O)c2nc(-c3ccc(C)cc3)sc2[P+](c2ccccc2)(c2ccccc2)c2ccccc2)cc1. The Morgan fingerprint density at radius 2 is 1.05 bits per heavy atom. The summed E-state index contributed by atoms with van der Waals surface area (Å²) in [5.41, 5.74) is 4.54. The fourth-order valence-corrected chi connectivity index (χ4v) is 11.6. The van der Waals surface area contributed by atoms with Crippen LogP contribution < -0.4 is 25.8 Å². The molecule has 0 saturated heterocycles. The van der Waals surface area contributed by atoms with Crippen molar-refractivity contribution in [3.05, 3.63) is 156 Å². The van der Waals surface area contributed by atoms with E-state index in [4.69, 9.17) is 4.98 Å². The van der Waals surface area contributed by atoms with Gasteiger partial charge in [-0.15, -0.1) is 0 Å². The molecule has 0 spiro atoms. The van der Waals surface area contributed by atoms with Crippen molar-refractivity contribution in [2.45, 2.75) is 13.8 Å². The summed E-state index contributed by atoms with van der Waals surface area (Å²) in [6.07, 6.45) is 0. The van der Waals surface area contributed by atoms with E-state index in [-0.39, 0.29) is 5.91 Å². The molecule has 41 heavy (non-hydrogen) atoms. The molecule has 5 heteroatoms. The molecule has 1 heterocycles. The molecule has 0 aliphatic heterocycles. The lowest BCUT2D eigenvalue weighted by Gasteiger charge is -2.26. The van der Waals surface area contributed by atoms with E-state index in [0.717, 1.165) is 26.4 Å². The number of rotatable bonds is 7. The number of carbonyl (C=O) groups is 1. The number of carbonyl (C=O) groups excluding carboxylic acids is 1. The van der Waals surface area contributed by atoms with E-state index < -0.39 is 7.26 Å². The fourth-order valence-electron chi connectivity index (χ4n) is 5.09. The van der Waals surface area contributed by atoms with Crippen molar-refractivity contribution in [3.63, 3.8) is 0 Å². The van der Waals surface area contributed by atoms with Gasteiger partial charge >= 0.3 is 0 Å². The molecule has 6 aromatic rings. The lowest BCUT2D eigenvalue weighted by atomic mass is 10.2. The number of nitrogens with zero attached hydrogens (tertiary/aromatic N) is 1. The van der Waals surface area contributed by atoms with Gasteiger partial charge < -0.3 is 5.32 Å². The maximum absolute atomic E-state index is 14.2.